The molecule has 6 heteroatoms. The fourth-order valence-corrected chi connectivity index (χ4v) is 0.136. The third-order valence-corrected chi connectivity index (χ3v) is 0.355. The summed E-state index contributed by atoms with van der Waals surface area (Å²) in [4.78, 5) is 18.8. The van der Waals surface area contributed by atoms with Gasteiger partial charge in [0.1, 0.15) is 0 Å². The molecule has 0 amide bonds. The SMILES string of the molecule is O=[13C]([O-])/C=C/[13C](=O)[O-].[Na+].[Na+]. The van der Waals surface area contributed by atoms with Crippen molar-refractivity contribution in [2.45, 2.75) is 0 Å². The Hall–Kier alpha value is 0.680. The predicted molar refractivity (Wildman–Crippen MR) is 19.2 cm³/mol. The van der Waals surface area contributed by atoms with E-state index in [-0.39, 0.29) is 59.1 Å². The van der Waals surface area contributed by atoms with Gasteiger partial charge in [0.15, 0.2) is 0 Å². The normalized spacial score (nSPS) is 7.60. The molecule has 0 aliphatic heterocycles. The number of carboxylic acids is 2. The molecule has 4 nitrogen and oxygen atoms in total. The molecule has 0 unspecified atom stereocenters. The monoisotopic (exact) mass is 162 g/mol. The maximum atomic E-state index is 9.41. The first kappa shape index (κ1) is 17.0. The predicted octanol–water partition coefficient (Wildman–Crippen LogP) is -8.95. The van der Waals surface area contributed by atoms with Crippen molar-refractivity contribution >= 4 is 11.9 Å². The van der Waals surface area contributed by atoms with Gasteiger partial charge in [0.2, 0.25) is 0 Å². The van der Waals surface area contributed by atoms with Crippen LogP contribution < -0.4 is 69.3 Å². The molecule has 0 aromatic heterocycles. The van der Waals surface area contributed by atoms with Crippen molar-refractivity contribution in [3.8, 4) is 0 Å². The molecule has 0 aromatic rings. The van der Waals surface area contributed by atoms with E-state index in [1.165, 1.54) is 0 Å². The second-order valence-electron chi connectivity index (χ2n) is 0.971. The smallest absolute Gasteiger partial charge is 0.545 e. The molecule has 0 bridgehead atoms. The summed E-state index contributed by atoms with van der Waals surface area (Å²) in [6, 6.07) is 0. The quantitative estimate of drug-likeness (QED) is 0.229. The average molecular weight is 162 g/mol. The molecule has 0 aliphatic carbocycles. The Balaban J connectivity index is -0.000000245. The Bertz CT molecular complexity index is 126. The van der Waals surface area contributed by atoms with E-state index in [1.807, 2.05) is 0 Å². The van der Waals surface area contributed by atoms with Crippen molar-refractivity contribution in [3.63, 3.8) is 0 Å². The van der Waals surface area contributed by atoms with Crippen LogP contribution in [0.5, 0.6) is 0 Å². The molecule has 0 aromatic carbocycles. The Kier molecular flexibility index (Phi) is 16.4. The van der Waals surface area contributed by atoms with Crippen LogP contribution in [0.4, 0.5) is 0 Å². The van der Waals surface area contributed by atoms with Crippen LogP contribution in [0.25, 0.3) is 0 Å². The second kappa shape index (κ2) is 9.68. The van der Waals surface area contributed by atoms with Crippen molar-refractivity contribution in [1.82, 2.24) is 0 Å². The van der Waals surface area contributed by atoms with Crippen molar-refractivity contribution in [3.05, 3.63) is 12.2 Å². The maximum Gasteiger partial charge on any atom is 1.00 e. The van der Waals surface area contributed by atoms with Crippen LogP contribution in [0.1, 0.15) is 0 Å². The fourth-order valence-electron chi connectivity index (χ4n) is 0.136. The molecular weight excluding hydrogens is 160 g/mol. The second-order valence-corrected chi connectivity index (χ2v) is 0.971. The Morgan fingerprint density at radius 2 is 1.10 bits per heavy atom. The van der Waals surface area contributed by atoms with Crippen LogP contribution in [0.3, 0.4) is 0 Å². The molecule has 0 spiro atoms. The summed E-state index contributed by atoms with van der Waals surface area (Å²) in [7, 11) is 0. The van der Waals surface area contributed by atoms with Crippen LogP contribution in [0.15, 0.2) is 12.2 Å². The molecule has 0 saturated heterocycles. The van der Waals surface area contributed by atoms with E-state index in [9.17, 15) is 19.8 Å². The molecule has 0 aliphatic rings. The van der Waals surface area contributed by atoms with E-state index in [0.29, 0.717) is 12.2 Å². The van der Waals surface area contributed by atoms with Crippen molar-refractivity contribution < 1.29 is 78.9 Å². The third kappa shape index (κ3) is 15.9. The summed E-state index contributed by atoms with van der Waals surface area (Å²) in [6.07, 6.45) is 0.769. The van der Waals surface area contributed by atoms with Crippen molar-refractivity contribution in [2.75, 3.05) is 0 Å². The largest absolute Gasteiger partial charge is 1.00 e. The van der Waals surface area contributed by atoms with Gasteiger partial charge in [-0.3, -0.25) is 0 Å². The minimum Gasteiger partial charge on any atom is -0.545 e. The molecule has 0 fully saturated rings. The van der Waals surface area contributed by atoms with Gasteiger partial charge in [0.05, 0.1) is 11.9 Å². The first-order valence-electron chi connectivity index (χ1n) is 1.73. The van der Waals surface area contributed by atoms with E-state index >= 15 is 0 Å². The number of carbonyl (C=O) groups excluding carboxylic acids is 2. The van der Waals surface area contributed by atoms with Gasteiger partial charge in [-0.25, -0.2) is 0 Å². The van der Waals surface area contributed by atoms with Crippen LogP contribution in [-0.4, -0.2) is 11.9 Å². The summed E-state index contributed by atoms with van der Waals surface area (Å²) in [6.45, 7) is 0. The molecule has 44 valence electrons. The summed E-state index contributed by atoms with van der Waals surface area (Å²) < 4.78 is 0. The van der Waals surface area contributed by atoms with Crippen LogP contribution >= 0.6 is 0 Å². The zero-order chi connectivity index (χ0) is 6.57. The number of carboxylic acid groups (broad SMARTS) is 2. The number of carbonyl (C=O) groups is 2. The first-order chi connectivity index (χ1) is 3.63. The summed E-state index contributed by atoms with van der Waals surface area (Å²) in [5.41, 5.74) is 0. The van der Waals surface area contributed by atoms with Gasteiger partial charge in [-0.05, 0) is 12.2 Å². The topological polar surface area (TPSA) is 80.3 Å². The van der Waals surface area contributed by atoms with E-state index in [1.54, 1.807) is 0 Å². The van der Waals surface area contributed by atoms with E-state index in [4.69, 9.17) is 0 Å². The van der Waals surface area contributed by atoms with Crippen LogP contribution in [0.2, 0.25) is 0 Å². The minimum atomic E-state index is -1.55. The summed E-state index contributed by atoms with van der Waals surface area (Å²) in [5, 5.41) is 18.8. The molecular formula is C4H2Na2O4. The van der Waals surface area contributed by atoms with E-state index < -0.39 is 11.9 Å². The molecule has 0 saturated carbocycles. The van der Waals surface area contributed by atoms with Crippen molar-refractivity contribution in [2.24, 2.45) is 0 Å². The van der Waals surface area contributed by atoms with Crippen LogP contribution in [0, 0.1) is 0 Å². The van der Waals surface area contributed by atoms with Gasteiger partial charge in [-0.2, -0.15) is 0 Å². The molecule has 0 rings (SSSR count). The summed E-state index contributed by atoms with van der Waals surface area (Å²) >= 11 is 0. The Labute approximate surface area is 102 Å². The fraction of sp³-hybridized carbons (Fsp3) is 0. The molecule has 0 radical (unpaired) electrons. The number of hydrogen-bond acceptors (Lipinski definition) is 4. The summed E-state index contributed by atoms with van der Waals surface area (Å²) in [5.74, 6) is -3.09. The van der Waals surface area contributed by atoms with E-state index in [0.717, 1.165) is 0 Å². The first-order valence-corrected chi connectivity index (χ1v) is 1.73. The third-order valence-electron chi connectivity index (χ3n) is 0.355. The van der Waals surface area contributed by atoms with Gasteiger partial charge in [-0.1, -0.05) is 0 Å². The zero-order valence-electron chi connectivity index (χ0n) is 5.79. The maximum absolute atomic E-state index is 9.41. The van der Waals surface area contributed by atoms with Gasteiger partial charge in [0.25, 0.3) is 0 Å². The van der Waals surface area contributed by atoms with Gasteiger partial charge in [0, 0.05) is 0 Å². The standard InChI is InChI=1S/C4H4O4.2Na/c5-3(6)1-2-4(7)8;;/h1-2H,(H,5,6)(H,7,8);;/q;2*+1/p-2/b2-1+;;/i3+1,4+1;;. The molecule has 0 heterocycles. The minimum absolute atomic E-state index is 0. The Morgan fingerprint density at radius 3 is 1.20 bits per heavy atom. The van der Waals surface area contributed by atoms with Gasteiger partial charge >= 0.3 is 59.1 Å². The molecule has 0 N–H and O–H groups in total. The zero-order valence-corrected chi connectivity index (χ0v) is 9.79. The van der Waals surface area contributed by atoms with Crippen LogP contribution in [-0.2, 0) is 9.59 Å². The van der Waals surface area contributed by atoms with E-state index in [2.05, 4.69) is 0 Å². The average Bonchev–Trinajstić information content (AvgIpc) is 1.61. The molecule has 10 heavy (non-hydrogen) atoms. The Morgan fingerprint density at radius 1 is 0.900 bits per heavy atom. The number of aliphatic carboxylic acids is 2. The molecule has 0 atom stereocenters. The van der Waals surface area contributed by atoms with Gasteiger partial charge in [-0.15, -0.1) is 0 Å². The van der Waals surface area contributed by atoms with Crippen molar-refractivity contribution in [1.29, 1.82) is 0 Å². The number of rotatable bonds is 2. The van der Waals surface area contributed by atoms with Gasteiger partial charge < -0.3 is 19.8 Å². The number of hydrogen-bond donors (Lipinski definition) is 0.